The van der Waals surface area contributed by atoms with Gasteiger partial charge < -0.3 is 0 Å². The van der Waals surface area contributed by atoms with E-state index < -0.39 is 6.16 Å². The van der Waals surface area contributed by atoms with Gasteiger partial charge in [0.2, 0.25) is 5.91 Å². The van der Waals surface area contributed by atoms with Crippen LogP contribution in [0.2, 0.25) is 0 Å². The van der Waals surface area contributed by atoms with Crippen molar-refractivity contribution in [3.8, 4) is 0 Å². The molecule has 0 bridgehead atoms. The Hall–Kier alpha value is -0.780. The minimum absolute atomic E-state index is 0.247. The molecule has 64 valence electrons. The molecule has 0 spiro atoms. The molecule has 0 aromatic rings. The first-order valence-corrected chi connectivity index (χ1v) is 3.53. The van der Waals surface area contributed by atoms with Crippen LogP contribution in [0.4, 0.5) is 9.18 Å². The maximum Gasteiger partial charge on any atom is 0.411 e. The summed E-state index contributed by atoms with van der Waals surface area (Å²) in [6.45, 7) is 1.32. The van der Waals surface area contributed by atoms with E-state index >= 15 is 0 Å². The minimum Gasteiger partial charge on any atom is -0.274 e. The molecule has 0 fully saturated rings. The van der Waals surface area contributed by atoms with E-state index in [2.05, 4.69) is 0 Å². The summed E-state index contributed by atoms with van der Waals surface area (Å²) >= 11 is 0.708. The third-order valence-corrected chi connectivity index (χ3v) is 1.83. The fraction of sp³-hybridized carbons (Fsp3) is 0.600. The van der Waals surface area contributed by atoms with Crippen molar-refractivity contribution in [2.75, 3.05) is 14.1 Å². The number of carbonyl (C=O) groups is 2. The predicted octanol–water partition coefficient (Wildman–Crippen LogP) is 1.05. The van der Waals surface area contributed by atoms with Gasteiger partial charge in [-0.1, -0.05) is 0 Å². The average molecular weight is 180 g/mol. The van der Waals surface area contributed by atoms with Crippen LogP contribution in [0.5, 0.6) is 0 Å². The van der Waals surface area contributed by atoms with E-state index in [1.807, 2.05) is 0 Å². The maximum absolute atomic E-state index is 11.8. The van der Waals surface area contributed by atoms with Gasteiger partial charge in [0.05, 0.1) is 12.1 Å². The number of nitrogens with zero attached hydrogens (tertiary/aromatic N) is 2. The molecule has 6 heteroatoms. The Kier molecular flexibility index (Phi) is 3.88. The van der Waals surface area contributed by atoms with E-state index in [1.54, 1.807) is 0 Å². The summed E-state index contributed by atoms with van der Waals surface area (Å²) in [7, 11) is 2.69. The van der Waals surface area contributed by atoms with Crippen LogP contribution in [0.25, 0.3) is 0 Å². The van der Waals surface area contributed by atoms with Gasteiger partial charge in [0.25, 0.3) is 0 Å². The lowest BCUT2D eigenvalue weighted by atomic mass is 10.7. The highest BCUT2D eigenvalue weighted by Gasteiger charge is 2.12. The Bertz CT molecular complexity index is 158. The van der Waals surface area contributed by atoms with Crippen molar-refractivity contribution >= 4 is 24.2 Å². The van der Waals surface area contributed by atoms with Crippen molar-refractivity contribution in [2.24, 2.45) is 0 Å². The molecule has 0 radical (unpaired) electrons. The number of rotatable bonds is 2. The monoisotopic (exact) mass is 180 g/mol. The molecule has 2 amide bonds. The standard InChI is InChI=1S/C5H9FN2O2S/c1-4(9)7(2)11-8(3)5(6)10/h1-3H3. The molecular weight excluding hydrogens is 171 g/mol. The van der Waals surface area contributed by atoms with Crippen LogP contribution >= 0.6 is 12.1 Å². The molecule has 0 atom stereocenters. The largest absolute Gasteiger partial charge is 0.411 e. The summed E-state index contributed by atoms with van der Waals surface area (Å²) < 4.78 is 13.7. The fourth-order valence-electron chi connectivity index (χ4n) is 0.273. The summed E-state index contributed by atoms with van der Waals surface area (Å²) in [6, 6.07) is 0. The molecule has 4 nitrogen and oxygen atoms in total. The van der Waals surface area contributed by atoms with Gasteiger partial charge in [0, 0.05) is 21.0 Å². The van der Waals surface area contributed by atoms with Crippen molar-refractivity contribution in [1.29, 1.82) is 0 Å². The first-order chi connectivity index (χ1) is 4.95. The van der Waals surface area contributed by atoms with E-state index in [0.717, 1.165) is 8.61 Å². The third-order valence-electron chi connectivity index (χ3n) is 0.936. The number of hydrogen-bond acceptors (Lipinski definition) is 3. The van der Waals surface area contributed by atoms with Crippen LogP contribution < -0.4 is 0 Å². The van der Waals surface area contributed by atoms with Crippen molar-refractivity contribution < 1.29 is 14.0 Å². The SMILES string of the molecule is CC(=O)N(C)SN(C)C(=O)F. The van der Waals surface area contributed by atoms with E-state index in [9.17, 15) is 14.0 Å². The molecule has 0 aliphatic heterocycles. The Labute approximate surface area is 68.6 Å². The van der Waals surface area contributed by atoms with Crippen LogP contribution in [0.3, 0.4) is 0 Å². The molecule has 0 aromatic carbocycles. The Balaban J connectivity index is 3.84. The van der Waals surface area contributed by atoms with Gasteiger partial charge >= 0.3 is 6.16 Å². The number of halogens is 1. The van der Waals surface area contributed by atoms with Gasteiger partial charge in [-0.05, 0) is 0 Å². The summed E-state index contributed by atoms with van der Waals surface area (Å²) in [5.74, 6) is -0.247. The van der Waals surface area contributed by atoms with Gasteiger partial charge in [0.15, 0.2) is 0 Å². The van der Waals surface area contributed by atoms with Gasteiger partial charge in [-0.25, -0.2) is 9.10 Å². The van der Waals surface area contributed by atoms with Gasteiger partial charge in [0.1, 0.15) is 0 Å². The van der Waals surface area contributed by atoms with E-state index in [0.29, 0.717) is 12.1 Å². The van der Waals surface area contributed by atoms with E-state index in [-0.39, 0.29) is 5.91 Å². The predicted molar refractivity (Wildman–Crippen MR) is 40.3 cm³/mol. The first kappa shape index (κ1) is 10.2. The Morgan fingerprint density at radius 1 is 1.27 bits per heavy atom. The minimum atomic E-state index is -1.58. The van der Waals surface area contributed by atoms with Crippen molar-refractivity contribution in [3.63, 3.8) is 0 Å². The second kappa shape index (κ2) is 4.17. The lowest BCUT2D eigenvalue weighted by molar-refractivity contribution is -0.123. The molecule has 11 heavy (non-hydrogen) atoms. The molecule has 0 unspecified atom stereocenters. The summed E-state index contributed by atoms with van der Waals surface area (Å²) in [6.07, 6.45) is -1.58. The first-order valence-electron chi connectivity index (χ1n) is 2.80. The summed E-state index contributed by atoms with van der Waals surface area (Å²) in [5.41, 5.74) is 0. The molecule has 0 aliphatic carbocycles. The maximum atomic E-state index is 11.8. The fourth-order valence-corrected chi connectivity index (χ4v) is 0.820. The quantitative estimate of drug-likeness (QED) is 0.362. The molecule has 0 saturated carbocycles. The normalized spacial score (nSPS) is 9.09. The highest BCUT2D eigenvalue weighted by molar-refractivity contribution is 7.95. The molecule has 0 heterocycles. The zero-order valence-electron chi connectivity index (χ0n) is 6.50. The number of carbonyl (C=O) groups excluding carboxylic acids is 2. The zero-order chi connectivity index (χ0) is 9.02. The lowest BCUT2D eigenvalue weighted by Gasteiger charge is -2.17. The van der Waals surface area contributed by atoms with Crippen molar-refractivity contribution in [1.82, 2.24) is 8.61 Å². The van der Waals surface area contributed by atoms with Crippen molar-refractivity contribution in [2.45, 2.75) is 6.92 Å². The van der Waals surface area contributed by atoms with E-state index in [1.165, 1.54) is 21.0 Å². The van der Waals surface area contributed by atoms with Crippen LogP contribution in [0.1, 0.15) is 6.92 Å². The highest BCUT2D eigenvalue weighted by atomic mass is 32.2. The second-order valence-corrected chi connectivity index (χ2v) is 3.11. The van der Waals surface area contributed by atoms with Crippen LogP contribution in [-0.2, 0) is 4.79 Å². The van der Waals surface area contributed by atoms with Crippen LogP contribution in [-0.4, -0.2) is 34.8 Å². The molecular formula is C5H9FN2O2S. The summed E-state index contributed by atoms with van der Waals surface area (Å²) in [5, 5.41) is 0. The van der Waals surface area contributed by atoms with Gasteiger partial charge in [-0.3, -0.25) is 9.10 Å². The molecule has 0 aromatic heterocycles. The average Bonchev–Trinajstić information content (AvgIpc) is 1.87. The molecule has 0 rings (SSSR count). The molecule has 0 N–H and O–H groups in total. The van der Waals surface area contributed by atoms with Gasteiger partial charge in [-0.2, -0.15) is 0 Å². The Morgan fingerprint density at radius 3 is 2.00 bits per heavy atom. The second-order valence-electron chi connectivity index (χ2n) is 1.85. The van der Waals surface area contributed by atoms with Crippen LogP contribution in [0, 0.1) is 0 Å². The van der Waals surface area contributed by atoms with Crippen molar-refractivity contribution in [3.05, 3.63) is 0 Å². The molecule has 0 saturated heterocycles. The lowest BCUT2D eigenvalue weighted by Crippen LogP contribution is -2.24. The smallest absolute Gasteiger partial charge is 0.274 e. The third kappa shape index (κ3) is 3.82. The Morgan fingerprint density at radius 2 is 1.73 bits per heavy atom. The topological polar surface area (TPSA) is 40.6 Å². The number of hydrogen-bond donors (Lipinski definition) is 0. The summed E-state index contributed by atoms with van der Waals surface area (Å²) in [4.78, 5) is 20.5. The van der Waals surface area contributed by atoms with E-state index in [4.69, 9.17) is 0 Å². The molecule has 0 aliphatic rings. The zero-order valence-corrected chi connectivity index (χ0v) is 7.31. The number of amides is 2. The highest BCUT2D eigenvalue weighted by Crippen LogP contribution is 2.12. The van der Waals surface area contributed by atoms with Gasteiger partial charge in [-0.15, -0.1) is 4.39 Å². The van der Waals surface area contributed by atoms with Crippen LogP contribution in [0.15, 0.2) is 0 Å².